The second kappa shape index (κ2) is 10.6. The predicted molar refractivity (Wildman–Crippen MR) is 94.1 cm³/mol. The molecule has 0 aliphatic heterocycles. The van der Waals surface area contributed by atoms with E-state index in [0.717, 1.165) is 30.9 Å². The van der Waals surface area contributed by atoms with Gasteiger partial charge in [0, 0.05) is 12.1 Å². The Bertz CT molecular complexity index is 415. The van der Waals surface area contributed by atoms with Gasteiger partial charge in [0.25, 0.3) is 0 Å². The smallest absolute Gasteiger partial charge is 0.120 e. The summed E-state index contributed by atoms with van der Waals surface area (Å²) in [4.78, 5) is 2.90. The molecule has 1 aromatic rings. The van der Waals surface area contributed by atoms with Gasteiger partial charge in [0.05, 0.1) is 0 Å². The third kappa shape index (κ3) is 7.44. The Labute approximate surface area is 134 Å². The number of rotatable bonds is 11. The molecule has 21 heavy (non-hydrogen) atoms. The van der Waals surface area contributed by atoms with Crippen LogP contribution >= 0.6 is 12.2 Å². The van der Waals surface area contributed by atoms with Crippen molar-refractivity contribution in [1.29, 1.82) is 0 Å². The monoisotopic (exact) mass is 308 g/mol. The van der Waals surface area contributed by atoms with Crippen molar-refractivity contribution in [1.82, 2.24) is 4.90 Å². The maximum Gasteiger partial charge on any atom is 0.120 e. The van der Waals surface area contributed by atoms with E-state index in [1.54, 1.807) is 0 Å². The number of nitrogens with zero attached hydrogens (tertiary/aromatic N) is 1. The minimum absolute atomic E-state index is 0.410. The zero-order valence-electron chi connectivity index (χ0n) is 13.3. The molecular formula is C17H28N2OS. The second-order valence-corrected chi connectivity index (χ2v) is 5.73. The van der Waals surface area contributed by atoms with E-state index in [9.17, 15) is 0 Å². The molecule has 1 rings (SSSR count). The molecule has 0 aliphatic carbocycles. The maximum atomic E-state index is 5.83. The molecule has 0 saturated heterocycles. The molecule has 0 aliphatic rings. The number of nitrogens with two attached hydrogens (primary N) is 1. The van der Waals surface area contributed by atoms with E-state index in [2.05, 4.69) is 18.7 Å². The van der Waals surface area contributed by atoms with Gasteiger partial charge in [0.2, 0.25) is 0 Å². The Morgan fingerprint density at radius 2 is 1.81 bits per heavy atom. The highest BCUT2D eigenvalue weighted by Crippen LogP contribution is 2.13. The molecule has 0 heterocycles. The summed E-state index contributed by atoms with van der Waals surface area (Å²) in [6, 6.07) is 7.69. The van der Waals surface area contributed by atoms with Crippen LogP contribution in [0.4, 0.5) is 0 Å². The lowest BCUT2D eigenvalue weighted by atomic mass is 10.2. The SMILES string of the molecule is CCCCN(CCCC)CCOc1cccc(C(N)=S)c1. The Hall–Kier alpha value is -1.13. The molecule has 0 saturated carbocycles. The van der Waals surface area contributed by atoms with E-state index in [0.29, 0.717) is 11.6 Å². The fourth-order valence-corrected chi connectivity index (χ4v) is 2.26. The number of unbranched alkanes of at least 4 members (excludes halogenated alkanes) is 2. The molecule has 4 heteroatoms. The van der Waals surface area contributed by atoms with E-state index < -0.39 is 0 Å². The summed E-state index contributed by atoms with van der Waals surface area (Å²) in [5.41, 5.74) is 6.49. The van der Waals surface area contributed by atoms with Crippen molar-refractivity contribution in [3.8, 4) is 5.75 Å². The van der Waals surface area contributed by atoms with E-state index >= 15 is 0 Å². The fourth-order valence-electron chi connectivity index (χ4n) is 2.13. The standard InChI is InChI=1S/C17H28N2OS/c1-3-5-10-19(11-6-4-2)12-13-20-16-9-7-8-15(14-16)17(18)21/h7-9,14H,3-6,10-13H2,1-2H3,(H2,18,21). The molecule has 0 fully saturated rings. The molecule has 118 valence electrons. The highest BCUT2D eigenvalue weighted by molar-refractivity contribution is 7.80. The van der Waals surface area contributed by atoms with E-state index in [1.807, 2.05) is 24.3 Å². The largest absolute Gasteiger partial charge is 0.492 e. The van der Waals surface area contributed by atoms with Crippen LogP contribution in [0.25, 0.3) is 0 Å². The number of thiocarbonyl (C=S) groups is 1. The highest BCUT2D eigenvalue weighted by atomic mass is 32.1. The van der Waals surface area contributed by atoms with Crippen molar-refractivity contribution in [2.24, 2.45) is 5.73 Å². The highest BCUT2D eigenvalue weighted by Gasteiger charge is 2.05. The third-order valence-electron chi connectivity index (χ3n) is 3.45. The predicted octanol–water partition coefficient (Wildman–Crippen LogP) is 3.60. The lowest BCUT2D eigenvalue weighted by Gasteiger charge is -2.22. The summed E-state index contributed by atoms with van der Waals surface area (Å²) < 4.78 is 5.83. The lowest BCUT2D eigenvalue weighted by molar-refractivity contribution is 0.204. The lowest BCUT2D eigenvalue weighted by Crippen LogP contribution is -2.30. The van der Waals surface area contributed by atoms with Crippen molar-refractivity contribution >= 4 is 17.2 Å². The minimum Gasteiger partial charge on any atom is -0.492 e. The first-order valence-corrected chi connectivity index (χ1v) is 8.33. The van der Waals surface area contributed by atoms with Gasteiger partial charge in [-0.3, -0.25) is 4.90 Å². The van der Waals surface area contributed by atoms with Gasteiger partial charge in [-0.1, -0.05) is 51.0 Å². The van der Waals surface area contributed by atoms with Gasteiger partial charge in [-0.25, -0.2) is 0 Å². The molecular weight excluding hydrogens is 280 g/mol. The van der Waals surface area contributed by atoms with Crippen LogP contribution in [0.2, 0.25) is 0 Å². The molecule has 0 spiro atoms. The zero-order chi connectivity index (χ0) is 15.5. The molecule has 0 atom stereocenters. The van der Waals surface area contributed by atoms with Crippen molar-refractivity contribution in [3.63, 3.8) is 0 Å². The van der Waals surface area contributed by atoms with Gasteiger partial charge in [0.1, 0.15) is 17.3 Å². The molecule has 0 radical (unpaired) electrons. The summed E-state index contributed by atoms with van der Waals surface area (Å²) in [7, 11) is 0. The van der Waals surface area contributed by atoms with Crippen molar-refractivity contribution in [2.45, 2.75) is 39.5 Å². The van der Waals surface area contributed by atoms with Crippen LogP contribution in [0.3, 0.4) is 0 Å². The Morgan fingerprint density at radius 1 is 1.14 bits per heavy atom. The molecule has 2 N–H and O–H groups in total. The first-order valence-electron chi connectivity index (χ1n) is 7.92. The van der Waals surface area contributed by atoms with Crippen LogP contribution in [-0.4, -0.2) is 36.1 Å². The van der Waals surface area contributed by atoms with Crippen LogP contribution in [0, 0.1) is 0 Å². The number of benzene rings is 1. The van der Waals surface area contributed by atoms with Gasteiger partial charge >= 0.3 is 0 Å². The molecule has 0 bridgehead atoms. The number of hydrogen-bond donors (Lipinski definition) is 1. The summed E-state index contributed by atoms with van der Waals surface area (Å²) in [5.74, 6) is 0.839. The molecule has 3 nitrogen and oxygen atoms in total. The average molecular weight is 308 g/mol. The quantitative estimate of drug-likeness (QED) is 0.634. The summed E-state index contributed by atoms with van der Waals surface area (Å²) >= 11 is 4.99. The van der Waals surface area contributed by atoms with Crippen molar-refractivity contribution in [3.05, 3.63) is 29.8 Å². The van der Waals surface area contributed by atoms with Crippen LogP contribution in [0.5, 0.6) is 5.75 Å². The van der Waals surface area contributed by atoms with E-state index in [-0.39, 0.29) is 0 Å². The van der Waals surface area contributed by atoms with Crippen molar-refractivity contribution in [2.75, 3.05) is 26.2 Å². The van der Waals surface area contributed by atoms with Crippen LogP contribution < -0.4 is 10.5 Å². The van der Waals surface area contributed by atoms with Gasteiger partial charge in [-0.15, -0.1) is 0 Å². The average Bonchev–Trinajstić information content (AvgIpc) is 2.49. The molecule has 0 aromatic heterocycles. The molecule has 1 aromatic carbocycles. The molecule has 0 amide bonds. The van der Waals surface area contributed by atoms with Crippen molar-refractivity contribution < 1.29 is 4.74 Å². The van der Waals surface area contributed by atoms with E-state index in [4.69, 9.17) is 22.7 Å². The first kappa shape index (κ1) is 17.9. The molecule has 0 unspecified atom stereocenters. The zero-order valence-corrected chi connectivity index (χ0v) is 14.1. The summed E-state index contributed by atoms with van der Waals surface area (Å²) in [5, 5.41) is 0. The summed E-state index contributed by atoms with van der Waals surface area (Å²) in [6.45, 7) is 8.45. The van der Waals surface area contributed by atoms with Crippen LogP contribution in [0.15, 0.2) is 24.3 Å². The Morgan fingerprint density at radius 3 is 2.38 bits per heavy atom. The van der Waals surface area contributed by atoms with Gasteiger partial charge in [-0.05, 0) is 38.1 Å². The normalized spacial score (nSPS) is 10.8. The van der Waals surface area contributed by atoms with Crippen LogP contribution in [0.1, 0.15) is 45.1 Å². The number of hydrogen-bond acceptors (Lipinski definition) is 3. The van der Waals surface area contributed by atoms with Gasteiger partial charge in [-0.2, -0.15) is 0 Å². The Kier molecular flexibility index (Phi) is 9.02. The fraction of sp³-hybridized carbons (Fsp3) is 0.588. The van der Waals surface area contributed by atoms with Crippen LogP contribution in [-0.2, 0) is 0 Å². The van der Waals surface area contributed by atoms with Gasteiger partial charge < -0.3 is 10.5 Å². The summed E-state index contributed by atoms with van der Waals surface area (Å²) in [6.07, 6.45) is 4.97. The number of ether oxygens (including phenoxy) is 1. The Balaban J connectivity index is 2.41. The second-order valence-electron chi connectivity index (χ2n) is 5.29. The van der Waals surface area contributed by atoms with Gasteiger partial charge in [0.15, 0.2) is 0 Å². The maximum absolute atomic E-state index is 5.83. The minimum atomic E-state index is 0.410. The van der Waals surface area contributed by atoms with E-state index in [1.165, 1.54) is 25.7 Å². The third-order valence-corrected chi connectivity index (χ3v) is 3.69. The first-order chi connectivity index (χ1) is 10.2. The topological polar surface area (TPSA) is 38.5 Å².